The van der Waals surface area contributed by atoms with Gasteiger partial charge in [-0.2, -0.15) is 5.10 Å². The molecule has 0 aliphatic rings. The number of guanidine groups is 1. The van der Waals surface area contributed by atoms with Crippen LogP contribution < -0.4 is 17.2 Å². The molecule has 0 saturated carbocycles. The highest BCUT2D eigenvalue weighted by atomic mass is 15.3. The van der Waals surface area contributed by atoms with Crippen molar-refractivity contribution in [3.05, 3.63) is 60.2 Å². The molecule has 0 spiro atoms. The van der Waals surface area contributed by atoms with Gasteiger partial charge in [-0.05, 0) is 16.7 Å². The lowest BCUT2D eigenvalue weighted by molar-refractivity contribution is 1.16. The van der Waals surface area contributed by atoms with E-state index in [4.69, 9.17) is 17.2 Å². The summed E-state index contributed by atoms with van der Waals surface area (Å²) in [6.07, 6.45) is 0. The van der Waals surface area contributed by atoms with Gasteiger partial charge in [0.2, 0.25) is 5.96 Å². The van der Waals surface area contributed by atoms with Crippen LogP contribution in [0.4, 0.5) is 0 Å². The third kappa shape index (κ3) is 3.43. The van der Waals surface area contributed by atoms with Crippen LogP contribution >= 0.6 is 0 Å². The van der Waals surface area contributed by atoms with Crippen LogP contribution in [0, 0.1) is 0 Å². The number of benzene rings is 2. The van der Waals surface area contributed by atoms with Crippen molar-refractivity contribution in [2.45, 2.75) is 0 Å². The predicted molar refractivity (Wildman–Crippen MR) is 83.3 cm³/mol. The molecule has 0 amide bonds. The van der Waals surface area contributed by atoms with Gasteiger partial charge < -0.3 is 17.2 Å². The second-order valence-electron chi connectivity index (χ2n) is 4.22. The number of rotatable bonds is 4. The summed E-state index contributed by atoms with van der Waals surface area (Å²) in [7, 11) is 0. The summed E-state index contributed by atoms with van der Waals surface area (Å²) >= 11 is 0. The first-order chi connectivity index (χ1) is 9.70. The quantitative estimate of drug-likeness (QED) is 0.442. The lowest BCUT2D eigenvalue weighted by Crippen LogP contribution is -2.22. The molecule has 20 heavy (non-hydrogen) atoms. The maximum Gasteiger partial charge on any atom is 0.211 e. The van der Waals surface area contributed by atoms with Gasteiger partial charge >= 0.3 is 0 Å². The molecule has 0 radical (unpaired) electrons. The monoisotopic (exact) mass is 267 g/mol. The minimum Gasteiger partial charge on any atom is -0.369 e. The molecule has 2 aromatic carbocycles. The minimum absolute atomic E-state index is 0.0862. The number of nitrogens with zero attached hydrogens (tertiary/aromatic N) is 2. The lowest BCUT2D eigenvalue weighted by atomic mass is 10.0. The van der Waals surface area contributed by atoms with E-state index in [1.807, 2.05) is 42.5 Å². The Labute approximate surface area is 117 Å². The highest BCUT2D eigenvalue weighted by Gasteiger charge is 2.03. The molecule has 0 aliphatic heterocycles. The number of hydrogen-bond donors (Lipinski definition) is 3. The first-order valence-electron chi connectivity index (χ1n) is 6.22. The van der Waals surface area contributed by atoms with Gasteiger partial charge in [0, 0.05) is 6.54 Å². The summed E-state index contributed by atoms with van der Waals surface area (Å²) in [5.74, 6) is -0.0862. The molecule has 5 nitrogen and oxygen atoms in total. The molecule has 0 atom stereocenters. The van der Waals surface area contributed by atoms with E-state index in [0.717, 1.165) is 16.7 Å². The van der Waals surface area contributed by atoms with Crippen molar-refractivity contribution in [2.75, 3.05) is 6.54 Å². The average Bonchev–Trinajstić information content (AvgIpc) is 2.49. The molecule has 0 bridgehead atoms. The van der Waals surface area contributed by atoms with E-state index in [9.17, 15) is 0 Å². The zero-order valence-corrected chi connectivity index (χ0v) is 11.0. The summed E-state index contributed by atoms with van der Waals surface area (Å²) in [4.78, 5) is 0. The third-order valence-electron chi connectivity index (χ3n) is 2.80. The van der Waals surface area contributed by atoms with E-state index in [-0.39, 0.29) is 12.5 Å². The SMILES string of the molecule is NC/C(=N\N=C(N)N)c1ccc(-c2ccccc2)cc1. The molecule has 0 unspecified atom stereocenters. The molecule has 0 aromatic heterocycles. The van der Waals surface area contributed by atoms with E-state index in [1.54, 1.807) is 0 Å². The van der Waals surface area contributed by atoms with Gasteiger partial charge in [-0.15, -0.1) is 5.10 Å². The van der Waals surface area contributed by atoms with E-state index in [2.05, 4.69) is 22.3 Å². The first-order valence-corrected chi connectivity index (χ1v) is 6.22. The van der Waals surface area contributed by atoms with Crippen LogP contribution in [0.25, 0.3) is 11.1 Å². The zero-order valence-electron chi connectivity index (χ0n) is 11.0. The summed E-state index contributed by atoms with van der Waals surface area (Å²) in [5, 5.41) is 7.58. The fourth-order valence-corrected chi connectivity index (χ4v) is 1.82. The minimum atomic E-state index is -0.0862. The summed E-state index contributed by atoms with van der Waals surface area (Å²) in [6, 6.07) is 18.1. The largest absolute Gasteiger partial charge is 0.369 e. The van der Waals surface area contributed by atoms with Crippen molar-refractivity contribution in [3.8, 4) is 11.1 Å². The topological polar surface area (TPSA) is 103 Å². The zero-order chi connectivity index (χ0) is 14.4. The van der Waals surface area contributed by atoms with Gasteiger partial charge in [-0.3, -0.25) is 0 Å². The Hall–Kier alpha value is -2.66. The average molecular weight is 267 g/mol. The lowest BCUT2D eigenvalue weighted by Gasteiger charge is -2.05. The molecule has 5 heteroatoms. The molecule has 6 N–H and O–H groups in total. The van der Waals surface area contributed by atoms with E-state index in [1.165, 1.54) is 0 Å². The second kappa shape index (κ2) is 6.49. The Morgan fingerprint density at radius 1 is 0.800 bits per heavy atom. The third-order valence-corrected chi connectivity index (χ3v) is 2.80. The van der Waals surface area contributed by atoms with Crippen molar-refractivity contribution in [1.82, 2.24) is 0 Å². The second-order valence-corrected chi connectivity index (χ2v) is 4.22. The smallest absolute Gasteiger partial charge is 0.211 e. The molecule has 0 aliphatic carbocycles. The van der Waals surface area contributed by atoms with Crippen LogP contribution in [0.1, 0.15) is 5.56 Å². The fraction of sp³-hybridized carbons (Fsp3) is 0.0667. The van der Waals surface area contributed by atoms with Crippen LogP contribution in [0.2, 0.25) is 0 Å². The molecule has 0 heterocycles. The molecular formula is C15H17N5. The normalized spacial score (nSPS) is 11.2. The van der Waals surface area contributed by atoms with Crippen LogP contribution in [-0.4, -0.2) is 18.2 Å². The van der Waals surface area contributed by atoms with Gasteiger partial charge in [0.1, 0.15) is 0 Å². The molecular weight excluding hydrogens is 250 g/mol. The van der Waals surface area contributed by atoms with Gasteiger partial charge in [0.25, 0.3) is 0 Å². The number of nitrogens with two attached hydrogens (primary N) is 3. The summed E-state index contributed by atoms with van der Waals surface area (Å²) in [5.41, 5.74) is 20.0. The first kappa shape index (κ1) is 13.8. The summed E-state index contributed by atoms with van der Waals surface area (Å²) < 4.78 is 0. The van der Waals surface area contributed by atoms with Gasteiger partial charge in [-0.1, -0.05) is 54.6 Å². The van der Waals surface area contributed by atoms with Crippen molar-refractivity contribution in [3.63, 3.8) is 0 Å². The Bertz CT molecular complexity index is 610. The van der Waals surface area contributed by atoms with E-state index >= 15 is 0 Å². The molecule has 0 saturated heterocycles. The molecule has 2 rings (SSSR count). The highest BCUT2D eigenvalue weighted by Crippen LogP contribution is 2.19. The Kier molecular flexibility index (Phi) is 4.47. The van der Waals surface area contributed by atoms with Crippen LogP contribution in [0.5, 0.6) is 0 Å². The fourth-order valence-electron chi connectivity index (χ4n) is 1.82. The van der Waals surface area contributed by atoms with Crippen LogP contribution in [0.3, 0.4) is 0 Å². The highest BCUT2D eigenvalue weighted by molar-refractivity contribution is 6.02. The van der Waals surface area contributed by atoms with Gasteiger partial charge in [0.05, 0.1) is 5.71 Å². The Morgan fingerprint density at radius 2 is 1.40 bits per heavy atom. The molecule has 2 aromatic rings. The van der Waals surface area contributed by atoms with Crippen molar-refractivity contribution >= 4 is 11.7 Å². The van der Waals surface area contributed by atoms with Crippen molar-refractivity contribution in [1.29, 1.82) is 0 Å². The Balaban J connectivity index is 2.28. The van der Waals surface area contributed by atoms with Gasteiger partial charge in [0.15, 0.2) is 0 Å². The predicted octanol–water partition coefficient (Wildman–Crippen LogP) is 1.29. The maximum atomic E-state index is 5.66. The molecule has 0 fully saturated rings. The van der Waals surface area contributed by atoms with Crippen molar-refractivity contribution < 1.29 is 0 Å². The Morgan fingerprint density at radius 3 is 1.95 bits per heavy atom. The number of hydrogen-bond acceptors (Lipinski definition) is 3. The van der Waals surface area contributed by atoms with E-state index in [0.29, 0.717) is 5.71 Å². The van der Waals surface area contributed by atoms with Crippen molar-refractivity contribution in [2.24, 2.45) is 27.4 Å². The summed E-state index contributed by atoms with van der Waals surface area (Å²) in [6.45, 7) is 0.265. The van der Waals surface area contributed by atoms with Crippen LogP contribution in [-0.2, 0) is 0 Å². The maximum absolute atomic E-state index is 5.66. The standard InChI is InChI=1S/C15H17N5/c16-10-14(19-20-15(17)18)13-8-6-12(7-9-13)11-4-2-1-3-5-11/h1-9H,10,16H2,(H4,17,18,20)/b19-14+. The molecule has 102 valence electrons. The van der Waals surface area contributed by atoms with Crippen LogP contribution in [0.15, 0.2) is 64.8 Å². The van der Waals surface area contributed by atoms with Gasteiger partial charge in [-0.25, -0.2) is 0 Å². The van der Waals surface area contributed by atoms with E-state index < -0.39 is 0 Å².